The van der Waals surface area contributed by atoms with Crippen LogP contribution in [0.15, 0.2) is 18.2 Å². The lowest BCUT2D eigenvalue weighted by atomic mass is 10.0. The van der Waals surface area contributed by atoms with Gasteiger partial charge in [0.05, 0.1) is 11.3 Å². The van der Waals surface area contributed by atoms with Gasteiger partial charge in [0, 0.05) is 5.92 Å². The summed E-state index contributed by atoms with van der Waals surface area (Å²) in [4.78, 5) is 23.4. The fourth-order valence-electron chi connectivity index (χ4n) is 3.42. The second kappa shape index (κ2) is 4.81. The van der Waals surface area contributed by atoms with Gasteiger partial charge in [0.1, 0.15) is 5.75 Å². The fraction of sp³-hybridized carbons (Fsp3) is 0.467. The molecule has 3 N–H and O–H groups in total. The van der Waals surface area contributed by atoms with E-state index in [1.807, 2.05) is 0 Å². The van der Waals surface area contributed by atoms with Gasteiger partial charge in [-0.25, -0.2) is 4.79 Å². The number of amides is 1. The van der Waals surface area contributed by atoms with Crippen molar-refractivity contribution in [3.8, 4) is 5.75 Å². The quantitative estimate of drug-likeness (QED) is 0.739. The highest BCUT2D eigenvalue weighted by molar-refractivity contribution is 6.02. The number of hydrogen-bond acceptors (Lipinski definition) is 3. The summed E-state index contributed by atoms with van der Waals surface area (Å²) in [6.07, 6.45) is 4.57. The van der Waals surface area contributed by atoms with E-state index >= 15 is 0 Å². The number of fused-ring (bicyclic) bond motifs is 1. The van der Waals surface area contributed by atoms with Crippen molar-refractivity contribution in [1.29, 1.82) is 0 Å². The molecule has 0 aliphatic heterocycles. The number of carbonyl (C=O) groups excluding carboxylic acids is 1. The summed E-state index contributed by atoms with van der Waals surface area (Å²) < 4.78 is 0. The van der Waals surface area contributed by atoms with Crippen LogP contribution in [-0.2, 0) is 4.79 Å². The average Bonchev–Trinajstić information content (AvgIpc) is 3.15. The molecule has 0 bridgehead atoms. The molecule has 106 valence electrons. The summed E-state index contributed by atoms with van der Waals surface area (Å²) in [5, 5.41) is 21.1. The molecule has 2 aliphatic rings. The van der Waals surface area contributed by atoms with E-state index in [9.17, 15) is 14.7 Å². The highest BCUT2D eigenvalue weighted by Gasteiger charge is 2.54. The maximum Gasteiger partial charge on any atom is 0.337 e. The van der Waals surface area contributed by atoms with Gasteiger partial charge in [-0.15, -0.1) is 0 Å². The molecule has 1 amide bonds. The maximum atomic E-state index is 12.2. The SMILES string of the molecule is O=C(O)c1cc(O)ccc1NC(=O)C1C2CCCCC21. The smallest absolute Gasteiger partial charge is 0.337 e. The van der Waals surface area contributed by atoms with Crippen LogP contribution in [0.4, 0.5) is 5.69 Å². The Kier molecular flexibility index (Phi) is 3.12. The average molecular weight is 275 g/mol. The van der Waals surface area contributed by atoms with Crippen LogP contribution in [0.5, 0.6) is 5.75 Å². The first kappa shape index (κ1) is 13.0. The van der Waals surface area contributed by atoms with Gasteiger partial charge in [-0.3, -0.25) is 4.79 Å². The predicted molar refractivity (Wildman–Crippen MR) is 72.6 cm³/mol. The third-order valence-electron chi connectivity index (χ3n) is 4.45. The van der Waals surface area contributed by atoms with Crippen LogP contribution < -0.4 is 5.32 Å². The van der Waals surface area contributed by atoms with Crippen LogP contribution in [-0.4, -0.2) is 22.1 Å². The lowest BCUT2D eigenvalue weighted by Crippen LogP contribution is -2.17. The van der Waals surface area contributed by atoms with Crippen molar-refractivity contribution < 1.29 is 19.8 Å². The zero-order chi connectivity index (χ0) is 14.3. The minimum Gasteiger partial charge on any atom is -0.508 e. The van der Waals surface area contributed by atoms with E-state index in [2.05, 4.69) is 5.32 Å². The van der Waals surface area contributed by atoms with E-state index in [1.165, 1.54) is 25.0 Å². The third-order valence-corrected chi connectivity index (χ3v) is 4.45. The number of hydrogen-bond donors (Lipinski definition) is 3. The molecule has 1 aromatic rings. The minimum atomic E-state index is -1.16. The number of benzene rings is 1. The number of nitrogens with one attached hydrogen (secondary N) is 1. The number of carboxylic acid groups (broad SMARTS) is 1. The van der Waals surface area contributed by atoms with Crippen molar-refractivity contribution in [2.45, 2.75) is 25.7 Å². The van der Waals surface area contributed by atoms with E-state index in [0.29, 0.717) is 11.8 Å². The van der Waals surface area contributed by atoms with Crippen molar-refractivity contribution in [3.05, 3.63) is 23.8 Å². The van der Waals surface area contributed by atoms with Gasteiger partial charge >= 0.3 is 5.97 Å². The van der Waals surface area contributed by atoms with Gasteiger partial charge < -0.3 is 15.5 Å². The van der Waals surface area contributed by atoms with Gasteiger partial charge in [0.25, 0.3) is 0 Å². The summed E-state index contributed by atoms with van der Waals surface area (Å²) in [5.74, 6) is -0.378. The number of phenolic OH excluding ortho intramolecular Hbond substituents is 1. The van der Waals surface area contributed by atoms with E-state index in [-0.39, 0.29) is 28.8 Å². The van der Waals surface area contributed by atoms with E-state index in [4.69, 9.17) is 5.11 Å². The largest absolute Gasteiger partial charge is 0.508 e. The Bertz CT molecular complexity index is 557. The van der Waals surface area contributed by atoms with Gasteiger partial charge in [-0.1, -0.05) is 12.8 Å². The molecule has 20 heavy (non-hydrogen) atoms. The van der Waals surface area contributed by atoms with E-state index in [1.54, 1.807) is 0 Å². The van der Waals surface area contributed by atoms with Crippen LogP contribution in [0, 0.1) is 17.8 Å². The Hall–Kier alpha value is -2.04. The first-order valence-electron chi connectivity index (χ1n) is 6.95. The summed E-state index contributed by atoms with van der Waals surface area (Å²) in [7, 11) is 0. The predicted octanol–water partition coefficient (Wildman–Crippen LogP) is 2.47. The van der Waals surface area contributed by atoms with Gasteiger partial charge in [0.15, 0.2) is 0 Å². The second-order valence-electron chi connectivity index (χ2n) is 5.66. The first-order valence-corrected chi connectivity index (χ1v) is 6.95. The second-order valence-corrected chi connectivity index (χ2v) is 5.66. The lowest BCUT2D eigenvalue weighted by molar-refractivity contribution is -0.117. The lowest BCUT2D eigenvalue weighted by Gasteiger charge is -2.08. The van der Waals surface area contributed by atoms with Gasteiger partial charge in [0.2, 0.25) is 5.91 Å². The summed E-state index contributed by atoms with van der Waals surface area (Å²) in [6, 6.07) is 3.96. The molecule has 3 rings (SSSR count). The number of anilines is 1. The molecule has 0 radical (unpaired) electrons. The number of aromatic hydroxyl groups is 1. The number of carbonyl (C=O) groups is 2. The number of carboxylic acids is 1. The van der Waals surface area contributed by atoms with Crippen LogP contribution in [0.2, 0.25) is 0 Å². The summed E-state index contributed by atoms with van der Waals surface area (Å²) in [5.41, 5.74) is 0.172. The fourth-order valence-corrected chi connectivity index (χ4v) is 3.42. The molecule has 0 aromatic heterocycles. The zero-order valence-electron chi connectivity index (χ0n) is 11.0. The Labute approximate surface area is 116 Å². The number of rotatable bonds is 3. The molecule has 2 fully saturated rings. The molecule has 0 spiro atoms. The molecule has 0 saturated heterocycles. The van der Waals surface area contributed by atoms with E-state index in [0.717, 1.165) is 18.9 Å². The molecule has 0 heterocycles. The van der Waals surface area contributed by atoms with Crippen LogP contribution in [0.1, 0.15) is 36.0 Å². The molecule has 5 nitrogen and oxygen atoms in total. The molecular weight excluding hydrogens is 258 g/mol. The molecule has 2 atom stereocenters. The summed E-state index contributed by atoms with van der Waals surface area (Å²) >= 11 is 0. The standard InChI is InChI=1S/C15H17NO4/c17-8-5-6-12(11(7-8)15(19)20)16-14(18)13-9-3-1-2-4-10(9)13/h5-7,9-10,13,17H,1-4H2,(H,16,18)(H,19,20). The Morgan fingerprint density at radius 3 is 2.40 bits per heavy atom. The highest BCUT2D eigenvalue weighted by atomic mass is 16.4. The van der Waals surface area contributed by atoms with Gasteiger partial charge in [-0.05, 0) is 42.9 Å². The van der Waals surface area contributed by atoms with Gasteiger partial charge in [-0.2, -0.15) is 0 Å². The molecular formula is C15H17NO4. The Balaban J connectivity index is 1.75. The van der Waals surface area contributed by atoms with Crippen molar-refractivity contribution in [2.75, 3.05) is 5.32 Å². The van der Waals surface area contributed by atoms with Crippen molar-refractivity contribution in [3.63, 3.8) is 0 Å². The topological polar surface area (TPSA) is 86.6 Å². The minimum absolute atomic E-state index is 0.0351. The zero-order valence-corrected chi connectivity index (χ0v) is 11.0. The van der Waals surface area contributed by atoms with Crippen LogP contribution >= 0.6 is 0 Å². The third kappa shape index (κ3) is 2.24. The van der Waals surface area contributed by atoms with E-state index < -0.39 is 5.97 Å². The summed E-state index contributed by atoms with van der Waals surface area (Å²) in [6.45, 7) is 0. The van der Waals surface area contributed by atoms with Crippen LogP contribution in [0.25, 0.3) is 0 Å². The normalized spacial score (nSPS) is 27.5. The molecule has 2 saturated carbocycles. The molecule has 2 aliphatic carbocycles. The maximum absolute atomic E-state index is 12.2. The first-order chi connectivity index (χ1) is 9.58. The Morgan fingerprint density at radius 1 is 1.15 bits per heavy atom. The monoisotopic (exact) mass is 275 g/mol. The molecule has 1 aromatic carbocycles. The van der Waals surface area contributed by atoms with Crippen molar-refractivity contribution in [1.82, 2.24) is 0 Å². The van der Waals surface area contributed by atoms with Crippen LogP contribution in [0.3, 0.4) is 0 Å². The molecule has 2 unspecified atom stereocenters. The highest BCUT2D eigenvalue weighted by Crippen LogP contribution is 2.55. The Morgan fingerprint density at radius 2 is 1.80 bits per heavy atom. The number of aromatic carboxylic acids is 1. The molecule has 5 heteroatoms. The number of phenols is 1. The van der Waals surface area contributed by atoms with Crippen molar-refractivity contribution >= 4 is 17.6 Å². The van der Waals surface area contributed by atoms with Crippen molar-refractivity contribution in [2.24, 2.45) is 17.8 Å².